The van der Waals surface area contributed by atoms with E-state index in [0.717, 1.165) is 0 Å². The molecule has 0 bridgehead atoms. The fourth-order valence-corrected chi connectivity index (χ4v) is 2.14. The molecule has 0 atom stereocenters. The topological polar surface area (TPSA) is 84.5 Å². The van der Waals surface area contributed by atoms with E-state index in [1.807, 2.05) is 6.07 Å². The van der Waals surface area contributed by atoms with Crippen LogP contribution < -0.4 is 14.8 Å². The number of nitrogens with zero attached hydrogens (tertiary/aromatic N) is 1. The third kappa shape index (κ3) is 3.35. The standard InChI is InChI=1S/C17H14N2O4/c1-11-2-4-14(23-11)8-12(10-18)17(20)19-13-3-5-15-16(9-13)22-7-6-21-15/h2-5,8-9H,6-7H2,1H3,(H,19,20)/b12-8+. The van der Waals surface area contributed by atoms with E-state index >= 15 is 0 Å². The molecule has 1 aliphatic rings. The first-order valence-corrected chi connectivity index (χ1v) is 7.05. The van der Waals surface area contributed by atoms with Crippen LogP contribution in [0.4, 0.5) is 5.69 Å². The molecule has 0 radical (unpaired) electrons. The first-order chi connectivity index (χ1) is 11.2. The first-order valence-electron chi connectivity index (χ1n) is 7.05. The Bertz CT molecular complexity index is 814. The first kappa shape index (κ1) is 14.7. The second-order valence-electron chi connectivity index (χ2n) is 4.93. The molecule has 0 saturated heterocycles. The molecule has 1 aromatic carbocycles. The molecule has 116 valence electrons. The van der Waals surface area contributed by atoms with Crippen molar-refractivity contribution in [2.45, 2.75) is 6.92 Å². The van der Waals surface area contributed by atoms with Crippen molar-refractivity contribution in [3.8, 4) is 17.6 Å². The Labute approximate surface area is 132 Å². The summed E-state index contributed by atoms with van der Waals surface area (Å²) in [5.74, 6) is 1.85. The zero-order chi connectivity index (χ0) is 16.2. The molecule has 1 aliphatic heterocycles. The summed E-state index contributed by atoms with van der Waals surface area (Å²) in [6, 6.07) is 10.4. The van der Waals surface area contributed by atoms with Crippen LogP contribution in [0.25, 0.3) is 6.08 Å². The quantitative estimate of drug-likeness (QED) is 0.696. The van der Waals surface area contributed by atoms with E-state index in [9.17, 15) is 4.79 Å². The maximum Gasteiger partial charge on any atom is 0.266 e. The molecule has 23 heavy (non-hydrogen) atoms. The van der Waals surface area contributed by atoms with E-state index in [1.165, 1.54) is 6.08 Å². The lowest BCUT2D eigenvalue weighted by Crippen LogP contribution is -2.17. The Hall–Kier alpha value is -3.20. The molecule has 6 heteroatoms. The van der Waals surface area contributed by atoms with Crippen molar-refractivity contribution in [1.29, 1.82) is 5.26 Å². The van der Waals surface area contributed by atoms with Crippen LogP contribution in [0.2, 0.25) is 0 Å². The number of hydrogen-bond acceptors (Lipinski definition) is 5. The normalized spacial score (nSPS) is 13.3. The van der Waals surface area contributed by atoms with Gasteiger partial charge in [0.25, 0.3) is 5.91 Å². The number of carbonyl (C=O) groups is 1. The van der Waals surface area contributed by atoms with E-state index in [2.05, 4.69) is 5.32 Å². The lowest BCUT2D eigenvalue weighted by molar-refractivity contribution is -0.112. The van der Waals surface area contributed by atoms with Crippen molar-refractivity contribution < 1.29 is 18.7 Å². The lowest BCUT2D eigenvalue weighted by atomic mass is 10.2. The maximum absolute atomic E-state index is 12.2. The van der Waals surface area contributed by atoms with E-state index in [1.54, 1.807) is 37.3 Å². The summed E-state index contributed by atoms with van der Waals surface area (Å²) in [6.45, 7) is 2.76. The predicted molar refractivity (Wildman–Crippen MR) is 83.1 cm³/mol. The van der Waals surface area contributed by atoms with Crippen LogP contribution in [0.5, 0.6) is 11.5 Å². The van der Waals surface area contributed by atoms with Gasteiger partial charge in [0, 0.05) is 17.8 Å². The zero-order valence-corrected chi connectivity index (χ0v) is 12.5. The molecule has 3 rings (SSSR count). The Kier molecular flexibility index (Phi) is 4.02. The Morgan fingerprint density at radius 2 is 2.00 bits per heavy atom. The van der Waals surface area contributed by atoms with Gasteiger partial charge in [-0.25, -0.2) is 0 Å². The van der Waals surface area contributed by atoms with Crippen LogP contribution in [0, 0.1) is 18.3 Å². The van der Waals surface area contributed by atoms with Crippen LogP contribution in [-0.2, 0) is 4.79 Å². The van der Waals surface area contributed by atoms with Crippen molar-refractivity contribution in [2.75, 3.05) is 18.5 Å². The van der Waals surface area contributed by atoms with Gasteiger partial charge < -0.3 is 19.2 Å². The highest BCUT2D eigenvalue weighted by Gasteiger charge is 2.15. The highest BCUT2D eigenvalue weighted by molar-refractivity contribution is 6.09. The third-order valence-electron chi connectivity index (χ3n) is 3.21. The number of anilines is 1. The summed E-state index contributed by atoms with van der Waals surface area (Å²) in [7, 11) is 0. The summed E-state index contributed by atoms with van der Waals surface area (Å²) in [4.78, 5) is 12.2. The molecule has 1 N–H and O–H groups in total. The van der Waals surface area contributed by atoms with Crippen molar-refractivity contribution in [2.24, 2.45) is 0 Å². The summed E-state index contributed by atoms with van der Waals surface area (Å²) in [5, 5.41) is 11.8. The zero-order valence-electron chi connectivity index (χ0n) is 12.5. The number of fused-ring (bicyclic) bond motifs is 1. The summed E-state index contributed by atoms with van der Waals surface area (Å²) >= 11 is 0. The number of nitriles is 1. The van der Waals surface area contributed by atoms with Crippen molar-refractivity contribution in [3.63, 3.8) is 0 Å². The monoisotopic (exact) mass is 310 g/mol. The number of hydrogen-bond donors (Lipinski definition) is 1. The van der Waals surface area contributed by atoms with Gasteiger partial charge in [-0.3, -0.25) is 4.79 Å². The fourth-order valence-electron chi connectivity index (χ4n) is 2.14. The van der Waals surface area contributed by atoms with Gasteiger partial charge >= 0.3 is 0 Å². The van der Waals surface area contributed by atoms with Crippen LogP contribution in [-0.4, -0.2) is 19.1 Å². The second-order valence-corrected chi connectivity index (χ2v) is 4.93. The van der Waals surface area contributed by atoms with Crippen molar-refractivity contribution in [3.05, 3.63) is 47.4 Å². The minimum absolute atomic E-state index is 0.0470. The van der Waals surface area contributed by atoms with Gasteiger partial charge in [0.2, 0.25) is 0 Å². The van der Waals surface area contributed by atoms with E-state index in [4.69, 9.17) is 19.2 Å². The smallest absolute Gasteiger partial charge is 0.266 e. The minimum atomic E-state index is -0.516. The summed E-state index contributed by atoms with van der Waals surface area (Å²) in [6.07, 6.45) is 1.40. The Morgan fingerprint density at radius 3 is 2.70 bits per heavy atom. The fraction of sp³-hybridized carbons (Fsp3) is 0.176. The molecule has 0 spiro atoms. The van der Waals surface area contributed by atoms with Crippen molar-refractivity contribution in [1.82, 2.24) is 0 Å². The number of rotatable bonds is 3. The number of carbonyl (C=O) groups excluding carboxylic acids is 1. The highest BCUT2D eigenvalue weighted by atomic mass is 16.6. The number of aryl methyl sites for hydroxylation is 1. The van der Waals surface area contributed by atoms with Gasteiger partial charge in [0.05, 0.1) is 0 Å². The number of furan rings is 1. The Balaban J connectivity index is 1.77. The van der Waals surface area contributed by atoms with Crippen LogP contribution in [0.3, 0.4) is 0 Å². The highest BCUT2D eigenvalue weighted by Crippen LogP contribution is 2.32. The summed E-state index contributed by atoms with van der Waals surface area (Å²) in [5.41, 5.74) is 0.477. The van der Waals surface area contributed by atoms with Crippen LogP contribution >= 0.6 is 0 Å². The number of amides is 1. The van der Waals surface area contributed by atoms with E-state index < -0.39 is 5.91 Å². The molecule has 1 aromatic heterocycles. The van der Waals surface area contributed by atoms with Crippen LogP contribution in [0.15, 0.2) is 40.3 Å². The average molecular weight is 310 g/mol. The molecule has 2 aromatic rings. The van der Waals surface area contributed by atoms with Crippen LogP contribution in [0.1, 0.15) is 11.5 Å². The third-order valence-corrected chi connectivity index (χ3v) is 3.21. The lowest BCUT2D eigenvalue weighted by Gasteiger charge is -2.18. The number of ether oxygens (including phenoxy) is 2. The average Bonchev–Trinajstić information content (AvgIpc) is 2.97. The van der Waals surface area contributed by atoms with Gasteiger partial charge in [0.15, 0.2) is 11.5 Å². The van der Waals surface area contributed by atoms with E-state index in [0.29, 0.717) is 41.9 Å². The molecule has 0 aliphatic carbocycles. The molecule has 0 saturated carbocycles. The van der Waals surface area contributed by atoms with Gasteiger partial charge in [-0.15, -0.1) is 0 Å². The van der Waals surface area contributed by atoms with Gasteiger partial charge in [0.1, 0.15) is 36.4 Å². The molecular formula is C17H14N2O4. The molecule has 0 unspecified atom stereocenters. The molecular weight excluding hydrogens is 296 g/mol. The molecule has 0 fully saturated rings. The molecule has 1 amide bonds. The number of benzene rings is 1. The molecule has 6 nitrogen and oxygen atoms in total. The number of nitrogens with one attached hydrogen (secondary N) is 1. The van der Waals surface area contributed by atoms with E-state index in [-0.39, 0.29) is 5.57 Å². The van der Waals surface area contributed by atoms with Gasteiger partial charge in [-0.05, 0) is 31.2 Å². The molecule has 2 heterocycles. The predicted octanol–water partition coefficient (Wildman–Crippen LogP) is 2.90. The van der Waals surface area contributed by atoms with Crippen molar-refractivity contribution >= 4 is 17.7 Å². The Morgan fingerprint density at radius 1 is 1.22 bits per heavy atom. The summed E-state index contributed by atoms with van der Waals surface area (Å²) < 4.78 is 16.2. The largest absolute Gasteiger partial charge is 0.486 e. The second kappa shape index (κ2) is 6.28. The SMILES string of the molecule is Cc1ccc(/C=C(\C#N)C(=O)Nc2ccc3c(c2)OCCO3)o1. The van der Waals surface area contributed by atoms with Gasteiger partial charge in [-0.1, -0.05) is 0 Å². The minimum Gasteiger partial charge on any atom is -0.486 e. The van der Waals surface area contributed by atoms with Gasteiger partial charge in [-0.2, -0.15) is 5.26 Å². The maximum atomic E-state index is 12.2.